The first-order chi connectivity index (χ1) is 15.4. The van der Waals surface area contributed by atoms with E-state index in [9.17, 15) is 18.4 Å². The van der Waals surface area contributed by atoms with Crippen LogP contribution >= 0.6 is 0 Å². The summed E-state index contributed by atoms with van der Waals surface area (Å²) >= 11 is 0. The molecule has 0 N–H and O–H groups in total. The molecular weight excluding hydrogens is 414 g/mol. The molecule has 5 nitrogen and oxygen atoms in total. The van der Waals surface area contributed by atoms with Crippen molar-refractivity contribution in [1.82, 2.24) is 9.80 Å². The molecule has 0 saturated heterocycles. The number of amides is 2. The summed E-state index contributed by atoms with van der Waals surface area (Å²) < 4.78 is 31.8. The average Bonchev–Trinajstić information content (AvgIpc) is 3.29. The third-order valence-electron chi connectivity index (χ3n) is 4.86. The van der Waals surface area contributed by atoms with Gasteiger partial charge in [-0.05, 0) is 47.5 Å². The topological polar surface area (TPSA) is 53.8 Å². The molecule has 0 aliphatic rings. The molecule has 0 unspecified atom stereocenters. The molecule has 3 rings (SSSR count). The second kappa shape index (κ2) is 11.0. The van der Waals surface area contributed by atoms with Crippen molar-refractivity contribution in [3.8, 4) is 0 Å². The highest BCUT2D eigenvalue weighted by molar-refractivity contribution is 5.86. The quantitative estimate of drug-likeness (QED) is 0.443. The van der Waals surface area contributed by atoms with E-state index in [4.69, 9.17) is 4.42 Å². The lowest BCUT2D eigenvalue weighted by molar-refractivity contribution is -0.140. The number of rotatable bonds is 10. The maximum atomic E-state index is 13.3. The van der Waals surface area contributed by atoms with Gasteiger partial charge < -0.3 is 14.2 Å². The number of hydrogen-bond acceptors (Lipinski definition) is 3. The zero-order valence-electron chi connectivity index (χ0n) is 17.5. The summed E-state index contributed by atoms with van der Waals surface area (Å²) in [5.41, 5.74) is 1.40. The summed E-state index contributed by atoms with van der Waals surface area (Å²) in [6.45, 7) is 4.14. The lowest BCUT2D eigenvalue weighted by Gasteiger charge is -2.27. The van der Waals surface area contributed by atoms with Crippen molar-refractivity contribution in [2.75, 3.05) is 13.1 Å². The Morgan fingerprint density at radius 3 is 2.03 bits per heavy atom. The smallest absolute Gasteiger partial charge is 0.242 e. The van der Waals surface area contributed by atoms with E-state index in [1.807, 2.05) is 0 Å². The van der Waals surface area contributed by atoms with Crippen LogP contribution in [0.2, 0.25) is 0 Å². The van der Waals surface area contributed by atoms with Gasteiger partial charge in [-0.1, -0.05) is 30.3 Å². The van der Waals surface area contributed by atoms with Crippen LogP contribution in [-0.2, 0) is 29.1 Å². The highest BCUT2D eigenvalue weighted by Gasteiger charge is 2.22. The first-order valence-electron chi connectivity index (χ1n) is 10.1. The van der Waals surface area contributed by atoms with E-state index in [-0.39, 0.29) is 56.0 Å². The number of hydrogen-bond donors (Lipinski definition) is 0. The fourth-order valence-electron chi connectivity index (χ4n) is 3.20. The molecule has 0 fully saturated rings. The monoisotopic (exact) mass is 438 g/mol. The summed E-state index contributed by atoms with van der Waals surface area (Å²) in [7, 11) is 0. The van der Waals surface area contributed by atoms with Gasteiger partial charge in [0.15, 0.2) is 0 Å². The van der Waals surface area contributed by atoms with Gasteiger partial charge in [0.1, 0.15) is 23.9 Å². The molecule has 1 aromatic heterocycles. The normalized spacial score (nSPS) is 10.6. The summed E-state index contributed by atoms with van der Waals surface area (Å²) in [5.74, 6) is -0.715. The summed E-state index contributed by atoms with van der Waals surface area (Å²) in [5, 5.41) is 0. The minimum absolute atomic E-state index is 0.0392. The van der Waals surface area contributed by atoms with Crippen molar-refractivity contribution in [3.63, 3.8) is 0 Å². The summed E-state index contributed by atoms with van der Waals surface area (Å²) in [6, 6.07) is 15.0. The van der Waals surface area contributed by atoms with Crippen LogP contribution in [0.15, 0.2) is 84.0 Å². The Bertz CT molecular complexity index is 1030. The van der Waals surface area contributed by atoms with Crippen LogP contribution in [0.5, 0.6) is 0 Å². The third kappa shape index (κ3) is 6.63. The molecule has 166 valence electrons. The lowest BCUT2D eigenvalue weighted by atomic mass is 10.1. The molecule has 0 aliphatic carbocycles. The molecule has 0 bridgehead atoms. The summed E-state index contributed by atoms with van der Waals surface area (Å²) in [6.07, 6.45) is 3.11. The second-order valence-electron chi connectivity index (χ2n) is 7.32. The van der Waals surface area contributed by atoms with Crippen molar-refractivity contribution in [2.24, 2.45) is 0 Å². The average molecular weight is 438 g/mol. The van der Waals surface area contributed by atoms with Crippen molar-refractivity contribution >= 4 is 11.8 Å². The van der Waals surface area contributed by atoms with Crippen LogP contribution in [0.25, 0.3) is 0 Å². The Balaban J connectivity index is 1.72. The number of carbonyl (C=O) groups is 2. The standard InChI is InChI=1S/C25H24F2N2O3/c1-2-13-28(24(30)15-19-5-9-21(26)10-6-19)18-25(31)29(17-23-4-3-14-32-23)16-20-7-11-22(27)12-8-20/h2-12,14H,1,13,15-18H2. The fraction of sp³-hybridized carbons (Fsp3) is 0.200. The first-order valence-corrected chi connectivity index (χ1v) is 10.1. The molecule has 0 spiro atoms. The molecule has 1 heterocycles. The zero-order valence-corrected chi connectivity index (χ0v) is 17.5. The van der Waals surface area contributed by atoms with Gasteiger partial charge in [-0.15, -0.1) is 6.58 Å². The van der Waals surface area contributed by atoms with Crippen LogP contribution in [0, 0.1) is 11.6 Å². The largest absolute Gasteiger partial charge is 0.467 e. The van der Waals surface area contributed by atoms with Gasteiger partial charge in [0, 0.05) is 13.1 Å². The van der Waals surface area contributed by atoms with Crippen LogP contribution in [0.4, 0.5) is 8.78 Å². The molecule has 7 heteroatoms. The molecule has 0 saturated carbocycles. The molecule has 3 aromatic rings. The molecular formula is C25H24F2N2O3. The predicted octanol–water partition coefficient (Wildman–Crippen LogP) is 4.34. The lowest BCUT2D eigenvalue weighted by Crippen LogP contribution is -2.43. The Hall–Kier alpha value is -3.74. The molecule has 0 aliphatic heterocycles. The highest BCUT2D eigenvalue weighted by Crippen LogP contribution is 2.13. The molecule has 32 heavy (non-hydrogen) atoms. The van der Waals surface area contributed by atoms with E-state index in [2.05, 4.69) is 6.58 Å². The molecule has 2 amide bonds. The zero-order chi connectivity index (χ0) is 22.9. The number of furan rings is 1. The SMILES string of the molecule is C=CCN(CC(=O)N(Cc1ccc(F)cc1)Cc1ccco1)C(=O)Cc1ccc(F)cc1. The van der Waals surface area contributed by atoms with E-state index in [1.54, 1.807) is 47.4 Å². The fourth-order valence-corrected chi connectivity index (χ4v) is 3.20. The van der Waals surface area contributed by atoms with Gasteiger partial charge in [-0.25, -0.2) is 8.78 Å². The summed E-state index contributed by atoms with van der Waals surface area (Å²) in [4.78, 5) is 28.9. The minimum Gasteiger partial charge on any atom is -0.467 e. The highest BCUT2D eigenvalue weighted by atomic mass is 19.1. The van der Waals surface area contributed by atoms with E-state index >= 15 is 0 Å². The number of benzene rings is 2. The predicted molar refractivity (Wildman–Crippen MR) is 116 cm³/mol. The van der Waals surface area contributed by atoms with Crippen LogP contribution in [0.1, 0.15) is 16.9 Å². The number of nitrogens with zero attached hydrogens (tertiary/aromatic N) is 2. The van der Waals surface area contributed by atoms with Crippen molar-refractivity contribution in [1.29, 1.82) is 0 Å². The van der Waals surface area contributed by atoms with Crippen molar-refractivity contribution in [3.05, 3.63) is 108 Å². The number of halogens is 2. The molecule has 0 atom stereocenters. The Kier molecular flexibility index (Phi) is 7.91. The van der Waals surface area contributed by atoms with Gasteiger partial charge in [0.2, 0.25) is 11.8 Å². The van der Waals surface area contributed by atoms with E-state index in [0.717, 1.165) is 5.56 Å². The van der Waals surface area contributed by atoms with E-state index in [1.165, 1.54) is 35.4 Å². The van der Waals surface area contributed by atoms with Gasteiger partial charge in [0.05, 0.1) is 19.2 Å². The molecule has 2 aromatic carbocycles. The van der Waals surface area contributed by atoms with Crippen LogP contribution in [0.3, 0.4) is 0 Å². The van der Waals surface area contributed by atoms with Gasteiger partial charge in [-0.3, -0.25) is 9.59 Å². The third-order valence-corrected chi connectivity index (χ3v) is 4.86. The van der Waals surface area contributed by atoms with Crippen molar-refractivity contribution in [2.45, 2.75) is 19.5 Å². The Morgan fingerprint density at radius 1 is 0.844 bits per heavy atom. The van der Waals surface area contributed by atoms with E-state index < -0.39 is 0 Å². The van der Waals surface area contributed by atoms with E-state index in [0.29, 0.717) is 11.3 Å². The van der Waals surface area contributed by atoms with Crippen LogP contribution in [-0.4, -0.2) is 34.7 Å². The first kappa shape index (κ1) is 22.9. The maximum absolute atomic E-state index is 13.3. The Morgan fingerprint density at radius 2 is 1.47 bits per heavy atom. The van der Waals surface area contributed by atoms with Gasteiger partial charge in [-0.2, -0.15) is 0 Å². The number of carbonyl (C=O) groups excluding carboxylic acids is 2. The van der Waals surface area contributed by atoms with Gasteiger partial charge >= 0.3 is 0 Å². The second-order valence-corrected chi connectivity index (χ2v) is 7.32. The van der Waals surface area contributed by atoms with Crippen molar-refractivity contribution < 1.29 is 22.8 Å². The van der Waals surface area contributed by atoms with Crippen LogP contribution < -0.4 is 0 Å². The minimum atomic E-state index is -0.381. The maximum Gasteiger partial charge on any atom is 0.242 e. The van der Waals surface area contributed by atoms with Gasteiger partial charge in [0.25, 0.3) is 0 Å². The Labute approximate surface area is 185 Å². The molecule has 0 radical (unpaired) electrons.